The van der Waals surface area contributed by atoms with E-state index in [2.05, 4.69) is 21.9 Å². The fourth-order valence-electron chi connectivity index (χ4n) is 3.13. The van der Waals surface area contributed by atoms with Gasteiger partial charge >= 0.3 is 6.03 Å². The third kappa shape index (κ3) is 4.13. The summed E-state index contributed by atoms with van der Waals surface area (Å²) >= 11 is 0. The molecule has 0 saturated carbocycles. The van der Waals surface area contributed by atoms with Gasteiger partial charge in [-0.2, -0.15) is 0 Å². The second-order valence-corrected chi connectivity index (χ2v) is 6.29. The minimum Gasteiger partial charge on any atom is -0.493 e. The van der Waals surface area contributed by atoms with E-state index in [1.807, 2.05) is 32.0 Å². The number of benzene rings is 1. The molecule has 1 aromatic carbocycles. The third-order valence-corrected chi connectivity index (χ3v) is 4.54. The Hall–Kier alpha value is -2.50. The molecule has 0 bridgehead atoms. The van der Waals surface area contributed by atoms with Crippen molar-refractivity contribution < 1.29 is 14.1 Å². The molecule has 1 aromatic heterocycles. The summed E-state index contributed by atoms with van der Waals surface area (Å²) in [7, 11) is 0. The van der Waals surface area contributed by atoms with Crippen molar-refractivity contribution >= 4 is 6.03 Å². The Balaban J connectivity index is 1.47. The SMILES string of the molecule is CCc1noc(CC)c1CNC(=O)NC[C@H]1COc2ccccc2C1. The monoisotopic (exact) mass is 343 g/mol. The highest BCUT2D eigenvalue weighted by molar-refractivity contribution is 5.73. The van der Waals surface area contributed by atoms with Gasteiger partial charge in [0.2, 0.25) is 0 Å². The number of aromatic nitrogens is 1. The van der Waals surface area contributed by atoms with Crippen LogP contribution in [-0.2, 0) is 25.8 Å². The van der Waals surface area contributed by atoms with Crippen LogP contribution in [0.4, 0.5) is 4.79 Å². The smallest absolute Gasteiger partial charge is 0.315 e. The average molecular weight is 343 g/mol. The molecule has 3 rings (SSSR count). The van der Waals surface area contributed by atoms with Crippen LogP contribution < -0.4 is 15.4 Å². The molecule has 1 aliphatic rings. The first kappa shape index (κ1) is 17.3. The lowest BCUT2D eigenvalue weighted by Crippen LogP contribution is -2.40. The maximum atomic E-state index is 12.1. The van der Waals surface area contributed by atoms with Gasteiger partial charge in [-0.3, -0.25) is 0 Å². The van der Waals surface area contributed by atoms with Crippen molar-refractivity contribution in [3.63, 3.8) is 0 Å². The molecule has 1 atom stereocenters. The summed E-state index contributed by atoms with van der Waals surface area (Å²) in [6.07, 6.45) is 2.48. The Labute approximate surface area is 147 Å². The molecule has 0 spiro atoms. The van der Waals surface area contributed by atoms with E-state index >= 15 is 0 Å². The van der Waals surface area contributed by atoms with E-state index in [4.69, 9.17) is 9.26 Å². The highest BCUT2D eigenvalue weighted by atomic mass is 16.5. The van der Waals surface area contributed by atoms with Gasteiger partial charge in [0.05, 0.1) is 12.3 Å². The van der Waals surface area contributed by atoms with Crippen molar-refractivity contribution in [2.24, 2.45) is 5.92 Å². The lowest BCUT2D eigenvalue weighted by atomic mass is 9.97. The first-order valence-corrected chi connectivity index (χ1v) is 8.89. The number of nitrogens with one attached hydrogen (secondary N) is 2. The lowest BCUT2D eigenvalue weighted by molar-refractivity contribution is 0.211. The zero-order chi connectivity index (χ0) is 17.6. The van der Waals surface area contributed by atoms with Gasteiger partial charge in [0.25, 0.3) is 0 Å². The van der Waals surface area contributed by atoms with Crippen molar-refractivity contribution in [3.05, 3.63) is 46.8 Å². The van der Waals surface area contributed by atoms with Gasteiger partial charge in [-0.25, -0.2) is 4.79 Å². The molecule has 0 radical (unpaired) electrons. The van der Waals surface area contributed by atoms with E-state index in [0.29, 0.717) is 19.7 Å². The van der Waals surface area contributed by atoms with E-state index in [-0.39, 0.29) is 11.9 Å². The molecule has 6 nitrogen and oxygen atoms in total. The number of urea groups is 1. The standard InChI is InChI=1S/C19H25N3O3/c1-3-16-15(17(4-2)25-22-16)11-21-19(23)20-10-13-9-14-7-5-6-8-18(14)24-12-13/h5-8,13H,3-4,9-12H2,1-2H3,(H2,20,21,23)/t13-/m0/s1. The maximum absolute atomic E-state index is 12.1. The van der Waals surface area contributed by atoms with Crippen LogP contribution in [0, 0.1) is 5.92 Å². The molecule has 2 aromatic rings. The Morgan fingerprint density at radius 2 is 2.08 bits per heavy atom. The molecule has 6 heteroatoms. The van der Waals surface area contributed by atoms with Gasteiger partial charge in [-0.05, 0) is 24.5 Å². The quantitative estimate of drug-likeness (QED) is 0.845. The van der Waals surface area contributed by atoms with Gasteiger partial charge in [-0.1, -0.05) is 37.2 Å². The number of ether oxygens (including phenoxy) is 1. The molecule has 2 amide bonds. The number of para-hydroxylation sites is 1. The van der Waals surface area contributed by atoms with Crippen LogP contribution in [0.25, 0.3) is 0 Å². The molecule has 0 unspecified atom stereocenters. The van der Waals surface area contributed by atoms with Crippen LogP contribution in [0.3, 0.4) is 0 Å². The summed E-state index contributed by atoms with van der Waals surface area (Å²) in [5, 5.41) is 9.90. The van der Waals surface area contributed by atoms with Gasteiger partial charge < -0.3 is 19.9 Å². The normalized spacial score (nSPS) is 16.0. The molecule has 25 heavy (non-hydrogen) atoms. The van der Waals surface area contributed by atoms with Gasteiger partial charge in [0.15, 0.2) is 0 Å². The molecule has 0 saturated heterocycles. The van der Waals surface area contributed by atoms with E-state index in [0.717, 1.165) is 42.0 Å². The Bertz CT molecular complexity index is 705. The van der Waals surface area contributed by atoms with E-state index < -0.39 is 0 Å². The minimum atomic E-state index is -0.177. The van der Waals surface area contributed by atoms with Gasteiger partial charge in [0, 0.05) is 31.0 Å². The summed E-state index contributed by atoms with van der Waals surface area (Å²) < 4.78 is 11.1. The van der Waals surface area contributed by atoms with Crippen LogP contribution >= 0.6 is 0 Å². The summed E-state index contributed by atoms with van der Waals surface area (Å²) in [5.41, 5.74) is 3.11. The zero-order valence-electron chi connectivity index (χ0n) is 14.8. The molecule has 2 heterocycles. The average Bonchev–Trinajstić information content (AvgIpc) is 3.06. The highest BCUT2D eigenvalue weighted by Crippen LogP contribution is 2.26. The Morgan fingerprint density at radius 3 is 2.88 bits per heavy atom. The minimum absolute atomic E-state index is 0.177. The van der Waals surface area contributed by atoms with Gasteiger partial charge in [-0.15, -0.1) is 0 Å². The topological polar surface area (TPSA) is 76.4 Å². The molecular weight excluding hydrogens is 318 g/mol. The summed E-state index contributed by atoms with van der Waals surface area (Å²) in [6.45, 7) is 5.70. The molecule has 0 aliphatic carbocycles. The number of rotatable bonds is 6. The van der Waals surface area contributed by atoms with Crippen molar-refractivity contribution in [1.29, 1.82) is 0 Å². The van der Waals surface area contributed by atoms with E-state index in [9.17, 15) is 4.79 Å². The van der Waals surface area contributed by atoms with Crippen LogP contribution in [0.15, 0.2) is 28.8 Å². The first-order valence-electron chi connectivity index (χ1n) is 8.89. The largest absolute Gasteiger partial charge is 0.493 e. The zero-order valence-corrected chi connectivity index (χ0v) is 14.8. The lowest BCUT2D eigenvalue weighted by Gasteiger charge is -2.25. The van der Waals surface area contributed by atoms with Crippen LogP contribution in [0.5, 0.6) is 5.75 Å². The predicted octanol–water partition coefficient (Wildman–Crippen LogP) is 2.85. The number of nitrogens with zero attached hydrogens (tertiary/aromatic N) is 1. The summed E-state index contributed by atoms with van der Waals surface area (Å²) in [4.78, 5) is 12.1. The molecule has 1 aliphatic heterocycles. The van der Waals surface area contributed by atoms with E-state index in [1.165, 1.54) is 5.56 Å². The maximum Gasteiger partial charge on any atom is 0.315 e. The van der Waals surface area contributed by atoms with Gasteiger partial charge in [0.1, 0.15) is 11.5 Å². The second-order valence-electron chi connectivity index (χ2n) is 6.29. The van der Waals surface area contributed by atoms with Crippen LogP contribution in [-0.4, -0.2) is 24.3 Å². The van der Waals surface area contributed by atoms with Crippen molar-refractivity contribution in [2.75, 3.05) is 13.2 Å². The summed E-state index contributed by atoms with van der Waals surface area (Å²) in [6, 6.07) is 7.88. The Morgan fingerprint density at radius 1 is 1.24 bits per heavy atom. The number of hydrogen-bond acceptors (Lipinski definition) is 4. The van der Waals surface area contributed by atoms with Crippen LogP contribution in [0.1, 0.15) is 36.4 Å². The van der Waals surface area contributed by atoms with Crippen molar-refractivity contribution in [3.8, 4) is 5.75 Å². The predicted molar refractivity (Wildman–Crippen MR) is 94.6 cm³/mol. The molecule has 0 fully saturated rings. The number of aryl methyl sites for hydroxylation is 2. The number of fused-ring (bicyclic) bond motifs is 1. The van der Waals surface area contributed by atoms with Crippen molar-refractivity contribution in [2.45, 2.75) is 39.7 Å². The molecular formula is C19H25N3O3. The highest BCUT2D eigenvalue weighted by Gasteiger charge is 2.20. The van der Waals surface area contributed by atoms with Crippen LogP contribution in [0.2, 0.25) is 0 Å². The summed E-state index contributed by atoms with van der Waals surface area (Å²) in [5.74, 6) is 2.08. The van der Waals surface area contributed by atoms with E-state index in [1.54, 1.807) is 0 Å². The number of carbonyl (C=O) groups excluding carboxylic acids is 1. The van der Waals surface area contributed by atoms with Crippen molar-refractivity contribution in [1.82, 2.24) is 15.8 Å². The second kappa shape index (κ2) is 8.05. The Kier molecular flexibility index (Phi) is 5.58. The fourth-order valence-corrected chi connectivity index (χ4v) is 3.13. The third-order valence-electron chi connectivity index (χ3n) is 4.54. The number of carbonyl (C=O) groups is 1. The fraction of sp³-hybridized carbons (Fsp3) is 0.474. The number of amides is 2. The number of hydrogen-bond donors (Lipinski definition) is 2. The first-order chi connectivity index (χ1) is 12.2. The molecule has 134 valence electrons. The molecule has 2 N–H and O–H groups in total.